The number of para-hydroxylation sites is 1. The van der Waals surface area contributed by atoms with Gasteiger partial charge in [-0.2, -0.15) is 5.26 Å². The maximum atomic E-state index is 12.3. The van der Waals surface area contributed by atoms with Crippen LogP contribution in [-0.2, 0) is 6.42 Å². The van der Waals surface area contributed by atoms with E-state index in [2.05, 4.69) is 6.07 Å². The molecule has 3 aromatic rings. The van der Waals surface area contributed by atoms with Gasteiger partial charge in [-0.15, -0.1) is 0 Å². The summed E-state index contributed by atoms with van der Waals surface area (Å²) >= 11 is 0. The zero-order valence-electron chi connectivity index (χ0n) is 12.2. The number of hydrogen-bond donors (Lipinski definition) is 1. The Morgan fingerprint density at radius 2 is 2.05 bits per heavy atom. The van der Waals surface area contributed by atoms with Gasteiger partial charge in [0, 0.05) is 10.8 Å². The lowest BCUT2D eigenvalue weighted by molar-refractivity contribution is 0.469. The van der Waals surface area contributed by atoms with Crippen molar-refractivity contribution in [2.75, 3.05) is 0 Å². The lowest BCUT2D eigenvalue weighted by Crippen LogP contribution is -2.03. The second kappa shape index (κ2) is 5.53. The number of unbranched alkanes of at least 4 members (excludes halogenated alkanes) is 1. The Hall–Kier alpha value is -2.80. The first-order chi connectivity index (χ1) is 10.7. The van der Waals surface area contributed by atoms with Crippen LogP contribution >= 0.6 is 0 Å². The van der Waals surface area contributed by atoms with E-state index in [1.165, 1.54) is 0 Å². The van der Waals surface area contributed by atoms with Gasteiger partial charge in [-0.1, -0.05) is 31.5 Å². The average molecular weight is 293 g/mol. The van der Waals surface area contributed by atoms with Gasteiger partial charge in [-0.3, -0.25) is 0 Å². The Labute approximate surface area is 127 Å². The van der Waals surface area contributed by atoms with Crippen molar-refractivity contribution in [2.24, 2.45) is 0 Å². The molecule has 0 aliphatic heterocycles. The summed E-state index contributed by atoms with van der Waals surface area (Å²) in [6, 6.07) is 10.9. The molecule has 0 radical (unpaired) electrons. The second-order valence-corrected chi connectivity index (χ2v) is 5.28. The molecule has 4 heteroatoms. The van der Waals surface area contributed by atoms with Crippen molar-refractivity contribution >= 4 is 21.7 Å². The zero-order chi connectivity index (χ0) is 15.7. The quantitative estimate of drug-likeness (QED) is 0.587. The fraction of sp³-hybridized carbons (Fsp3) is 0.222. The predicted octanol–water partition coefficient (Wildman–Crippen LogP) is 3.87. The van der Waals surface area contributed by atoms with E-state index in [9.17, 15) is 15.2 Å². The minimum atomic E-state index is -0.610. The normalized spacial score (nSPS) is 10.9. The summed E-state index contributed by atoms with van der Waals surface area (Å²) in [6.45, 7) is 2.05. The fourth-order valence-corrected chi connectivity index (χ4v) is 2.77. The molecule has 0 spiro atoms. The molecule has 1 heterocycles. The zero-order valence-corrected chi connectivity index (χ0v) is 12.2. The van der Waals surface area contributed by atoms with E-state index in [0.717, 1.165) is 12.8 Å². The molecule has 0 aliphatic carbocycles. The monoisotopic (exact) mass is 293 g/mol. The largest absolute Gasteiger partial charge is 0.507 e. The lowest BCUT2D eigenvalue weighted by atomic mass is 9.96. The highest BCUT2D eigenvalue weighted by Crippen LogP contribution is 2.34. The number of phenolic OH excluding ortho intramolecular Hbond substituents is 1. The first kappa shape index (κ1) is 14.2. The molecular formula is C18H15NO3. The van der Waals surface area contributed by atoms with Crippen molar-refractivity contribution in [2.45, 2.75) is 26.2 Å². The lowest BCUT2D eigenvalue weighted by Gasteiger charge is -2.10. The number of fused-ring (bicyclic) bond motifs is 3. The molecule has 0 unspecified atom stereocenters. The maximum absolute atomic E-state index is 12.3. The van der Waals surface area contributed by atoms with Crippen molar-refractivity contribution in [3.8, 4) is 11.8 Å². The topological polar surface area (TPSA) is 74.2 Å². The van der Waals surface area contributed by atoms with E-state index < -0.39 is 5.63 Å². The molecule has 2 aromatic carbocycles. The van der Waals surface area contributed by atoms with E-state index in [0.29, 0.717) is 33.9 Å². The van der Waals surface area contributed by atoms with E-state index in [1.807, 2.05) is 13.0 Å². The molecule has 110 valence electrons. The molecule has 0 amide bonds. The number of nitriles is 1. The Morgan fingerprint density at radius 1 is 1.27 bits per heavy atom. The molecule has 0 saturated heterocycles. The van der Waals surface area contributed by atoms with Gasteiger partial charge >= 0.3 is 5.63 Å². The Morgan fingerprint density at radius 3 is 2.77 bits per heavy atom. The third-order valence-electron chi connectivity index (χ3n) is 3.86. The first-order valence-corrected chi connectivity index (χ1v) is 7.27. The maximum Gasteiger partial charge on any atom is 0.348 e. The van der Waals surface area contributed by atoms with Gasteiger partial charge in [0.15, 0.2) is 0 Å². The minimum absolute atomic E-state index is 0.0676. The third kappa shape index (κ3) is 2.11. The number of aryl methyl sites for hydroxylation is 1. The number of nitrogens with zero attached hydrogens (tertiary/aromatic N) is 1. The highest BCUT2D eigenvalue weighted by Gasteiger charge is 2.18. The van der Waals surface area contributed by atoms with Gasteiger partial charge in [0.05, 0.1) is 11.6 Å². The molecule has 22 heavy (non-hydrogen) atoms. The third-order valence-corrected chi connectivity index (χ3v) is 3.86. The summed E-state index contributed by atoms with van der Waals surface area (Å²) < 4.78 is 5.29. The highest BCUT2D eigenvalue weighted by molar-refractivity contribution is 6.09. The molecule has 0 atom stereocenters. The summed E-state index contributed by atoms with van der Waals surface area (Å²) in [5.74, 6) is -0.0676. The molecule has 0 saturated carbocycles. The van der Waals surface area contributed by atoms with Crippen LogP contribution in [0.1, 0.15) is 30.9 Å². The van der Waals surface area contributed by atoms with Crippen molar-refractivity contribution in [1.29, 1.82) is 5.26 Å². The van der Waals surface area contributed by atoms with Crippen LogP contribution in [0.2, 0.25) is 0 Å². The molecular weight excluding hydrogens is 278 g/mol. The van der Waals surface area contributed by atoms with E-state index in [4.69, 9.17) is 4.42 Å². The molecule has 1 N–H and O–H groups in total. The van der Waals surface area contributed by atoms with Crippen LogP contribution in [0.4, 0.5) is 0 Å². The summed E-state index contributed by atoms with van der Waals surface area (Å²) in [4.78, 5) is 12.3. The van der Waals surface area contributed by atoms with Crippen LogP contribution in [0.15, 0.2) is 39.5 Å². The summed E-state index contributed by atoms with van der Waals surface area (Å²) in [5.41, 5.74) is 0.815. The Bertz CT molecular complexity index is 964. The fourth-order valence-electron chi connectivity index (χ4n) is 2.77. The van der Waals surface area contributed by atoms with Crippen LogP contribution in [0, 0.1) is 11.3 Å². The van der Waals surface area contributed by atoms with Crippen LogP contribution in [0.5, 0.6) is 5.75 Å². The minimum Gasteiger partial charge on any atom is -0.507 e. The molecule has 4 nitrogen and oxygen atoms in total. The Balaban J connectivity index is 2.49. The van der Waals surface area contributed by atoms with E-state index in [1.54, 1.807) is 24.3 Å². The van der Waals surface area contributed by atoms with Gasteiger partial charge in [-0.05, 0) is 30.5 Å². The molecule has 0 aliphatic rings. The van der Waals surface area contributed by atoms with Crippen molar-refractivity contribution < 1.29 is 9.52 Å². The summed E-state index contributed by atoms with van der Waals surface area (Å²) in [6.07, 6.45) is 2.47. The SMILES string of the molecule is CCCCc1cc(C#N)c2c(c1O)c(=O)oc1ccccc12. The molecule has 3 rings (SSSR count). The van der Waals surface area contributed by atoms with Gasteiger partial charge < -0.3 is 9.52 Å². The molecule has 1 aromatic heterocycles. The van der Waals surface area contributed by atoms with E-state index in [-0.39, 0.29) is 11.1 Å². The van der Waals surface area contributed by atoms with Crippen LogP contribution in [0.25, 0.3) is 21.7 Å². The standard InChI is InChI=1S/C18H15NO3/c1-2-3-6-11-9-12(10-19)15-13-7-4-5-8-14(13)22-18(21)16(15)17(11)20/h4-5,7-9,20H,2-3,6H2,1H3. The van der Waals surface area contributed by atoms with Crippen molar-refractivity contribution in [1.82, 2.24) is 0 Å². The first-order valence-electron chi connectivity index (χ1n) is 7.27. The number of rotatable bonds is 3. The van der Waals surface area contributed by atoms with Gasteiger partial charge in [-0.25, -0.2) is 4.79 Å². The van der Waals surface area contributed by atoms with Gasteiger partial charge in [0.2, 0.25) is 0 Å². The number of benzene rings is 2. The molecule has 0 bridgehead atoms. The van der Waals surface area contributed by atoms with E-state index >= 15 is 0 Å². The van der Waals surface area contributed by atoms with Crippen molar-refractivity contribution in [3.63, 3.8) is 0 Å². The second-order valence-electron chi connectivity index (χ2n) is 5.28. The van der Waals surface area contributed by atoms with Crippen molar-refractivity contribution in [3.05, 3.63) is 51.9 Å². The molecule has 0 fully saturated rings. The number of aromatic hydroxyl groups is 1. The number of phenols is 1. The average Bonchev–Trinajstić information content (AvgIpc) is 2.53. The van der Waals surface area contributed by atoms with Crippen LogP contribution in [-0.4, -0.2) is 5.11 Å². The predicted molar refractivity (Wildman–Crippen MR) is 85.0 cm³/mol. The van der Waals surface area contributed by atoms with Crippen LogP contribution < -0.4 is 5.63 Å². The summed E-state index contributed by atoms with van der Waals surface area (Å²) in [7, 11) is 0. The van der Waals surface area contributed by atoms with Crippen LogP contribution in [0.3, 0.4) is 0 Å². The van der Waals surface area contributed by atoms with Gasteiger partial charge in [0.1, 0.15) is 16.7 Å². The smallest absolute Gasteiger partial charge is 0.348 e. The highest BCUT2D eigenvalue weighted by atomic mass is 16.4. The Kier molecular flexibility index (Phi) is 3.56. The summed E-state index contributed by atoms with van der Waals surface area (Å²) in [5, 5.41) is 21.2. The van der Waals surface area contributed by atoms with Gasteiger partial charge in [0.25, 0.3) is 0 Å². The number of hydrogen-bond acceptors (Lipinski definition) is 4.